The molecule has 0 aliphatic heterocycles. The lowest BCUT2D eigenvalue weighted by atomic mass is 10.0. The molecule has 0 amide bonds. The van der Waals surface area contributed by atoms with Gasteiger partial charge < -0.3 is 4.74 Å². The maximum absolute atomic E-state index is 4.83. The molecule has 0 unspecified atom stereocenters. The van der Waals surface area contributed by atoms with Gasteiger partial charge in [0.25, 0.3) is 0 Å². The first-order valence-electron chi connectivity index (χ1n) is 6.67. The van der Waals surface area contributed by atoms with Crippen molar-refractivity contribution in [2.24, 2.45) is 0 Å². The minimum atomic E-state index is 0.844. The Morgan fingerprint density at radius 3 is 1.42 bits per heavy atom. The standard InChI is InChI=1S/C14H12.C4H10O/c1-12(13-8-4-2-5-9-13)14-10-6-3-7-11-14;1-3-5-4-2/h2-11H,1H2;3-4H2,1-2H3. The number of ether oxygens (including phenoxy) is 1. The first kappa shape index (κ1) is 15.2. The Labute approximate surface area is 116 Å². The van der Waals surface area contributed by atoms with E-state index < -0.39 is 0 Å². The first-order chi connectivity index (χ1) is 9.29. The van der Waals surface area contributed by atoms with Crippen molar-refractivity contribution in [3.63, 3.8) is 0 Å². The molecule has 0 radical (unpaired) electrons. The molecule has 1 nitrogen and oxygen atoms in total. The highest BCUT2D eigenvalue weighted by atomic mass is 16.5. The zero-order valence-corrected chi connectivity index (χ0v) is 11.8. The fourth-order valence-corrected chi connectivity index (χ4v) is 1.65. The molecule has 100 valence electrons. The predicted octanol–water partition coefficient (Wildman–Crippen LogP) is 4.79. The van der Waals surface area contributed by atoms with Gasteiger partial charge in [-0.05, 0) is 30.5 Å². The average Bonchev–Trinajstić information content (AvgIpc) is 2.50. The van der Waals surface area contributed by atoms with Crippen LogP contribution in [0.4, 0.5) is 0 Å². The Hall–Kier alpha value is -1.86. The van der Waals surface area contributed by atoms with Crippen LogP contribution in [0, 0.1) is 0 Å². The molecule has 0 bridgehead atoms. The van der Waals surface area contributed by atoms with Crippen LogP contribution in [0.25, 0.3) is 5.57 Å². The molecule has 19 heavy (non-hydrogen) atoms. The summed E-state index contributed by atoms with van der Waals surface area (Å²) in [6.45, 7) is 9.76. The third-order valence-electron chi connectivity index (χ3n) is 2.65. The normalized spacial score (nSPS) is 9.37. The zero-order valence-electron chi connectivity index (χ0n) is 11.8. The SMILES string of the molecule is C=C(c1ccccc1)c1ccccc1.CCOCC. The molecule has 0 saturated carbocycles. The molecule has 0 aliphatic rings. The number of benzene rings is 2. The van der Waals surface area contributed by atoms with E-state index in [9.17, 15) is 0 Å². The molecule has 0 aliphatic carbocycles. The highest BCUT2D eigenvalue weighted by Gasteiger charge is 1.99. The van der Waals surface area contributed by atoms with Gasteiger partial charge in [-0.1, -0.05) is 67.2 Å². The van der Waals surface area contributed by atoms with Gasteiger partial charge in [0.05, 0.1) is 0 Å². The largest absolute Gasteiger partial charge is 0.382 e. The molecule has 2 aromatic rings. The molecule has 2 rings (SSSR count). The fraction of sp³-hybridized carbons (Fsp3) is 0.222. The number of hydrogen-bond acceptors (Lipinski definition) is 1. The lowest BCUT2D eigenvalue weighted by molar-refractivity contribution is 0.162. The summed E-state index contributed by atoms with van der Waals surface area (Å²) in [5.41, 5.74) is 3.43. The minimum Gasteiger partial charge on any atom is -0.382 e. The molecule has 0 atom stereocenters. The van der Waals surface area contributed by atoms with Crippen LogP contribution in [-0.2, 0) is 4.74 Å². The summed E-state index contributed by atoms with van der Waals surface area (Å²) in [4.78, 5) is 0. The Morgan fingerprint density at radius 2 is 1.16 bits per heavy atom. The minimum absolute atomic E-state index is 0.844. The van der Waals surface area contributed by atoms with E-state index in [1.807, 2.05) is 50.2 Å². The zero-order chi connectivity index (χ0) is 13.9. The molecule has 0 heterocycles. The summed E-state index contributed by atoms with van der Waals surface area (Å²) in [6.07, 6.45) is 0. The molecule has 0 spiro atoms. The Bertz CT molecular complexity index is 416. The smallest absolute Gasteiger partial charge is 0.0437 e. The molecular formula is C18H22O. The van der Waals surface area contributed by atoms with Gasteiger partial charge in [0, 0.05) is 13.2 Å². The topological polar surface area (TPSA) is 9.23 Å². The predicted molar refractivity (Wildman–Crippen MR) is 83.2 cm³/mol. The van der Waals surface area contributed by atoms with Crippen molar-refractivity contribution in [2.45, 2.75) is 13.8 Å². The van der Waals surface area contributed by atoms with Crippen molar-refractivity contribution in [3.05, 3.63) is 78.4 Å². The lowest BCUT2D eigenvalue weighted by Crippen LogP contribution is -1.84. The summed E-state index contributed by atoms with van der Waals surface area (Å²) in [5, 5.41) is 0. The van der Waals surface area contributed by atoms with E-state index in [1.54, 1.807) is 0 Å². The third kappa shape index (κ3) is 5.54. The van der Waals surface area contributed by atoms with Crippen LogP contribution in [0.1, 0.15) is 25.0 Å². The van der Waals surface area contributed by atoms with Gasteiger partial charge in [0.2, 0.25) is 0 Å². The van der Waals surface area contributed by atoms with E-state index >= 15 is 0 Å². The van der Waals surface area contributed by atoms with E-state index in [1.165, 1.54) is 11.1 Å². The fourth-order valence-electron chi connectivity index (χ4n) is 1.65. The molecule has 0 N–H and O–H groups in total. The Kier molecular flexibility index (Phi) is 7.30. The molecule has 1 heteroatoms. The summed E-state index contributed by atoms with van der Waals surface area (Å²) in [6, 6.07) is 20.5. The van der Waals surface area contributed by atoms with Crippen LogP contribution in [0.15, 0.2) is 67.2 Å². The summed E-state index contributed by atoms with van der Waals surface area (Å²) < 4.78 is 4.83. The maximum atomic E-state index is 4.83. The monoisotopic (exact) mass is 254 g/mol. The van der Waals surface area contributed by atoms with Gasteiger partial charge in [-0.15, -0.1) is 0 Å². The lowest BCUT2D eigenvalue weighted by Gasteiger charge is -2.04. The average molecular weight is 254 g/mol. The molecule has 0 aromatic heterocycles. The van der Waals surface area contributed by atoms with Gasteiger partial charge in [-0.3, -0.25) is 0 Å². The van der Waals surface area contributed by atoms with Crippen molar-refractivity contribution in [1.82, 2.24) is 0 Å². The van der Waals surface area contributed by atoms with Crippen molar-refractivity contribution in [1.29, 1.82) is 0 Å². The Balaban J connectivity index is 0.000000312. The van der Waals surface area contributed by atoms with E-state index in [0.717, 1.165) is 18.8 Å². The molecule has 2 aromatic carbocycles. The summed E-state index contributed by atoms with van der Waals surface area (Å²) in [5.74, 6) is 0. The highest BCUT2D eigenvalue weighted by molar-refractivity contribution is 5.77. The Morgan fingerprint density at radius 1 is 0.789 bits per heavy atom. The van der Waals surface area contributed by atoms with Crippen LogP contribution < -0.4 is 0 Å². The van der Waals surface area contributed by atoms with Crippen molar-refractivity contribution in [3.8, 4) is 0 Å². The second-order valence-corrected chi connectivity index (χ2v) is 3.99. The first-order valence-corrected chi connectivity index (χ1v) is 6.67. The second-order valence-electron chi connectivity index (χ2n) is 3.99. The number of rotatable bonds is 4. The van der Waals surface area contributed by atoms with Crippen molar-refractivity contribution < 1.29 is 4.74 Å². The molecule has 0 fully saturated rings. The third-order valence-corrected chi connectivity index (χ3v) is 2.65. The maximum Gasteiger partial charge on any atom is 0.0437 e. The summed E-state index contributed by atoms with van der Waals surface area (Å²) in [7, 11) is 0. The van der Waals surface area contributed by atoms with Gasteiger partial charge >= 0.3 is 0 Å². The van der Waals surface area contributed by atoms with Crippen molar-refractivity contribution in [2.75, 3.05) is 13.2 Å². The van der Waals surface area contributed by atoms with Gasteiger partial charge in [0.15, 0.2) is 0 Å². The van der Waals surface area contributed by atoms with Crippen LogP contribution in [0.2, 0.25) is 0 Å². The van der Waals surface area contributed by atoms with Gasteiger partial charge in [-0.2, -0.15) is 0 Å². The van der Waals surface area contributed by atoms with Gasteiger partial charge in [-0.25, -0.2) is 0 Å². The van der Waals surface area contributed by atoms with Gasteiger partial charge in [0.1, 0.15) is 0 Å². The van der Waals surface area contributed by atoms with Crippen LogP contribution in [0.5, 0.6) is 0 Å². The van der Waals surface area contributed by atoms with Crippen molar-refractivity contribution >= 4 is 5.57 Å². The quantitative estimate of drug-likeness (QED) is 0.762. The van der Waals surface area contributed by atoms with Crippen LogP contribution in [-0.4, -0.2) is 13.2 Å². The van der Waals surface area contributed by atoms with E-state index in [0.29, 0.717) is 0 Å². The van der Waals surface area contributed by atoms with Crippen LogP contribution in [0.3, 0.4) is 0 Å². The van der Waals surface area contributed by atoms with E-state index in [4.69, 9.17) is 4.74 Å². The van der Waals surface area contributed by atoms with Crippen LogP contribution >= 0.6 is 0 Å². The molecule has 0 saturated heterocycles. The van der Waals surface area contributed by atoms with E-state index in [2.05, 4.69) is 30.8 Å². The highest BCUT2D eigenvalue weighted by Crippen LogP contribution is 2.20. The summed E-state index contributed by atoms with van der Waals surface area (Å²) >= 11 is 0. The second kappa shape index (κ2) is 9.12. The van der Waals surface area contributed by atoms with E-state index in [-0.39, 0.29) is 0 Å². The number of hydrogen-bond donors (Lipinski definition) is 0. The molecular weight excluding hydrogens is 232 g/mol.